The number of esters is 1. The van der Waals surface area contributed by atoms with Crippen molar-refractivity contribution in [3.63, 3.8) is 0 Å². The van der Waals surface area contributed by atoms with Crippen LogP contribution in [0, 0.1) is 33.8 Å². The summed E-state index contributed by atoms with van der Waals surface area (Å²) in [6, 6.07) is 3.12. The molecule has 2 heterocycles. The Balaban J connectivity index is 1.60. The normalized spacial score (nSPS) is 22.2. The Bertz CT molecular complexity index is 1730. The average Bonchev–Trinajstić information content (AvgIpc) is 3.87. The van der Waals surface area contributed by atoms with E-state index in [9.17, 15) is 38.9 Å². The van der Waals surface area contributed by atoms with Gasteiger partial charge in [0.25, 0.3) is 5.69 Å². The van der Waals surface area contributed by atoms with Gasteiger partial charge in [0.15, 0.2) is 6.29 Å². The van der Waals surface area contributed by atoms with Crippen LogP contribution in [0.1, 0.15) is 110 Å². The Hall–Kier alpha value is -4.68. The number of nitrogens with zero attached hydrogens (tertiary/aromatic N) is 4. The number of carbonyl (C=O) groups is 6. The van der Waals surface area contributed by atoms with Gasteiger partial charge in [-0.15, -0.1) is 0 Å². The molecule has 10 unspecified atom stereocenters. The van der Waals surface area contributed by atoms with Crippen LogP contribution >= 0.6 is 0 Å². The Morgan fingerprint density at radius 3 is 2.30 bits per heavy atom. The summed E-state index contributed by atoms with van der Waals surface area (Å²) >= 11 is 0. The number of amides is 4. The molecule has 2 aliphatic rings. The van der Waals surface area contributed by atoms with Gasteiger partial charge in [-0.25, -0.2) is 0 Å². The maximum atomic E-state index is 14.1. The molecule has 10 atom stereocenters. The van der Waals surface area contributed by atoms with Gasteiger partial charge in [-0.2, -0.15) is 0 Å². The number of rotatable bonds is 27. The van der Waals surface area contributed by atoms with Gasteiger partial charge in [0, 0.05) is 33.9 Å². The molecule has 1 aromatic rings. The number of ether oxygens (including phenoxy) is 4. The summed E-state index contributed by atoms with van der Waals surface area (Å²) in [5.74, 6) is -1.70. The molecule has 1 aromatic carbocycles. The Labute approximate surface area is 378 Å². The zero-order valence-corrected chi connectivity index (χ0v) is 39.7. The van der Waals surface area contributed by atoms with E-state index >= 15 is 0 Å². The van der Waals surface area contributed by atoms with E-state index in [1.807, 2.05) is 13.8 Å². The second-order valence-corrected chi connectivity index (χ2v) is 17.4. The number of likely N-dealkylation sites (N-methyl/N-ethyl adjacent to an activating group) is 1. The molecule has 2 fully saturated rings. The lowest BCUT2D eigenvalue weighted by Crippen LogP contribution is -2.55. The van der Waals surface area contributed by atoms with Gasteiger partial charge < -0.3 is 39.4 Å². The van der Waals surface area contributed by atoms with Gasteiger partial charge in [-0.05, 0) is 68.5 Å². The predicted molar refractivity (Wildman–Crippen MR) is 240 cm³/mol. The summed E-state index contributed by atoms with van der Waals surface area (Å²) in [5, 5.41) is 16.8. The first-order valence-electron chi connectivity index (χ1n) is 22.9. The first-order chi connectivity index (χ1) is 30.5. The SMILES string of the molecule is CCC(C)C(C(CC(=O)N1CCCC1C(OC)C(C)C(=O)NCC(=O)OC)OC)N(C)C(=O)CNC(=O)C1C(C)C(C)C(CC)N1CCCCCCOc1ccc(C=O)c([N+](=O)[O-])c1. The van der Waals surface area contributed by atoms with Crippen LogP contribution in [0.15, 0.2) is 18.2 Å². The molecule has 2 saturated heterocycles. The van der Waals surface area contributed by atoms with Crippen LogP contribution in [0.3, 0.4) is 0 Å². The number of aldehydes is 1. The number of nitrogens with one attached hydrogen (secondary N) is 2. The van der Waals surface area contributed by atoms with E-state index in [0.29, 0.717) is 44.6 Å². The van der Waals surface area contributed by atoms with E-state index in [1.165, 1.54) is 33.5 Å². The van der Waals surface area contributed by atoms with Crippen LogP contribution in [-0.2, 0) is 38.2 Å². The van der Waals surface area contributed by atoms with Crippen LogP contribution in [0.5, 0.6) is 5.75 Å². The molecule has 4 amide bonds. The Morgan fingerprint density at radius 1 is 0.984 bits per heavy atom. The number of hydrogen-bond acceptors (Lipinski definition) is 13. The zero-order valence-electron chi connectivity index (χ0n) is 39.7. The molecule has 0 aliphatic carbocycles. The van der Waals surface area contributed by atoms with Crippen LogP contribution < -0.4 is 15.4 Å². The smallest absolute Gasteiger partial charge is 0.325 e. The Kier molecular flexibility index (Phi) is 22.1. The van der Waals surface area contributed by atoms with Crippen molar-refractivity contribution < 1.29 is 52.6 Å². The molecule has 360 valence electrons. The highest BCUT2D eigenvalue weighted by Gasteiger charge is 2.47. The lowest BCUT2D eigenvalue weighted by atomic mass is 9.89. The quantitative estimate of drug-likeness (QED) is 0.0412. The van der Waals surface area contributed by atoms with E-state index in [-0.39, 0.29) is 84.2 Å². The fourth-order valence-electron chi connectivity index (χ4n) is 9.67. The maximum absolute atomic E-state index is 14.1. The molecular formula is C46H74N6O12. The summed E-state index contributed by atoms with van der Waals surface area (Å²) in [5.41, 5.74) is -0.291. The fourth-order valence-corrected chi connectivity index (χ4v) is 9.67. The third kappa shape index (κ3) is 13.9. The third-order valence-electron chi connectivity index (χ3n) is 13.7. The number of nitro groups is 1. The van der Waals surface area contributed by atoms with Gasteiger partial charge in [0.1, 0.15) is 12.3 Å². The molecule has 0 spiro atoms. The monoisotopic (exact) mass is 903 g/mol. The van der Waals surface area contributed by atoms with E-state index in [2.05, 4.69) is 41.0 Å². The number of methoxy groups -OCH3 is 3. The van der Waals surface area contributed by atoms with Gasteiger partial charge >= 0.3 is 5.97 Å². The number of hydrogen-bond donors (Lipinski definition) is 2. The summed E-state index contributed by atoms with van der Waals surface area (Å²) < 4.78 is 22.1. The number of nitro benzene ring substituents is 1. The summed E-state index contributed by atoms with van der Waals surface area (Å²) in [6.07, 6.45) is 5.43. The van der Waals surface area contributed by atoms with Gasteiger partial charge in [-0.3, -0.25) is 43.8 Å². The summed E-state index contributed by atoms with van der Waals surface area (Å²) in [4.78, 5) is 94.0. The second-order valence-electron chi connectivity index (χ2n) is 17.4. The molecular weight excluding hydrogens is 829 g/mol. The van der Waals surface area contributed by atoms with Crippen LogP contribution in [0.2, 0.25) is 0 Å². The molecule has 2 aliphatic heterocycles. The fraction of sp³-hybridized carbons (Fsp3) is 0.739. The lowest BCUT2D eigenvalue weighted by molar-refractivity contribution is -0.385. The molecule has 18 heteroatoms. The number of benzene rings is 1. The van der Waals surface area contributed by atoms with Crippen molar-refractivity contribution in [1.29, 1.82) is 0 Å². The van der Waals surface area contributed by atoms with Gasteiger partial charge in [0.05, 0.1) is 79.5 Å². The second kappa shape index (κ2) is 26.3. The molecule has 3 rings (SSSR count). The first kappa shape index (κ1) is 53.7. The van der Waals surface area contributed by atoms with Gasteiger partial charge in [0.2, 0.25) is 23.6 Å². The lowest BCUT2D eigenvalue weighted by Gasteiger charge is -2.39. The zero-order chi connectivity index (χ0) is 47.7. The summed E-state index contributed by atoms with van der Waals surface area (Å²) in [7, 11) is 5.96. The number of carbonyl (C=O) groups excluding carboxylic acids is 6. The van der Waals surface area contributed by atoms with Crippen molar-refractivity contribution in [3.8, 4) is 5.75 Å². The average molecular weight is 903 g/mol. The topological polar surface area (TPSA) is 216 Å². The molecule has 2 N–H and O–H groups in total. The minimum atomic E-state index is -0.663. The van der Waals surface area contributed by atoms with Crippen molar-refractivity contribution >= 4 is 41.6 Å². The highest BCUT2D eigenvalue weighted by molar-refractivity contribution is 5.88. The first-order valence-corrected chi connectivity index (χ1v) is 22.9. The third-order valence-corrected chi connectivity index (χ3v) is 13.7. The van der Waals surface area contributed by atoms with E-state index in [1.54, 1.807) is 29.8 Å². The standard InChI is InChI=1S/C46H74N6O12/c1-11-29(3)42(38(61-8)25-39(54)50-22-17-18-36(50)44(63-10)32(6)45(57)48-27-41(56)62-9)49(7)40(55)26-47-46(58)43-31(5)30(4)35(12-2)51(43)21-15-13-14-16-23-64-34-20-19-33(28-53)37(24-34)52(59)60/h19-20,24,28-32,35-36,38,42-44H,11-18,21-23,25-27H2,1-10H3,(H,47,58)(H,48,57). The number of likely N-dealkylation sites (tertiary alicyclic amines) is 2. The molecule has 18 nitrogen and oxygen atoms in total. The van der Waals surface area contributed by atoms with Crippen molar-refractivity contribution in [1.82, 2.24) is 25.3 Å². The minimum absolute atomic E-state index is 0.00200. The largest absolute Gasteiger partial charge is 0.493 e. The Morgan fingerprint density at radius 2 is 1.69 bits per heavy atom. The highest BCUT2D eigenvalue weighted by atomic mass is 16.6. The van der Waals surface area contributed by atoms with Crippen molar-refractivity contribution in [2.24, 2.45) is 23.7 Å². The van der Waals surface area contributed by atoms with Crippen LogP contribution in [0.4, 0.5) is 5.69 Å². The number of unbranched alkanes of at least 4 members (excludes halogenated alkanes) is 3. The molecule has 0 aromatic heterocycles. The minimum Gasteiger partial charge on any atom is -0.493 e. The van der Waals surface area contributed by atoms with Crippen molar-refractivity contribution in [2.75, 3.05) is 61.2 Å². The van der Waals surface area contributed by atoms with Crippen molar-refractivity contribution in [3.05, 3.63) is 33.9 Å². The molecule has 0 bridgehead atoms. The van der Waals surface area contributed by atoms with E-state index in [4.69, 9.17) is 14.2 Å². The molecule has 64 heavy (non-hydrogen) atoms. The highest BCUT2D eigenvalue weighted by Crippen LogP contribution is 2.37. The van der Waals surface area contributed by atoms with E-state index < -0.39 is 41.1 Å². The molecule has 0 radical (unpaired) electrons. The maximum Gasteiger partial charge on any atom is 0.325 e. The van der Waals surface area contributed by atoms with Crippen LogP contribution in [0.25, 0.3) is 0 Å². The predicted octanol–water partition coefficient (Wildman–Crippen LogP) is 4.41. The van der Waals surface area contributed by atoms with Crippen LogP contribution in [-0.4, -0.2) is 153 Å². The van der Waals surface area contributed by atoms with Crippen molar-refractivity contribution in [2.45, 2.75) is 136 Å². The van der Waals surface area contributed by atoms with E-state index in [0.717, 1.165) is 38.5 Å². The van der Waals surface area contributed by atoms with Gasteiger partial charge in [-0.1, -0.05) is 60.8 Å². The molecule has 0 saturated carbocycles. The summed E-state index contributed by atoms with van der Waals surface area (Å²) in [6.45, 7) is 13.2.